The van der Waals surface area contributed by atoms with Crippen LogP contribution in [-0.4, -0.2) is 45.5 Å². The summed E-state index contributed by atoms with van der Waals surface area (Å²) in [6.07, 6.45) is 1.60. The molecular formula is C27H23ClN6O. The van der Waals surface area contributed by atoms with Crippen molar-refractivity contribution < 1.29 is 0 Å². The maximum absolute atomic E-state index is 13.8. The van der Waals surface area contributed by atoms with E-state index in [9.17, 15) is 4.79 Å². The third kappa shape index (κ3) is 3.94. The van der Waals surface area contributed by atoms with Crippen LogP contribution in [0.5, 0.6) is 0 Å². The lowest BCUT2D eigenvalue weighted by Crippen LogP contribution is -2.48. The highest BCUT2D eigenvalue weighted by Gasteiger charge is 2.25. The van der Waals surface area contributed by atoms with Gasteiger partial charge in [0.25, 0.3) is 5.56 Å². The molecule has 1 aliphatic rings. The molecule has 3 aromatic carbocycles. The van der Waals surface area contributed by atoms with Crippen molar-refractivity contribution in [2.45, 2.75) is 0 Å². The summed E-state index contributed by atoms with van der Waals surface area (Å²) in [7, 11) is 0. The average Bonchev–Trinajstić information content (AvgIpc) is 3.35. The molecule has 0 atom stereocenters. The Balaban J connectivity index is 1.46. The van der Waals surface area contributed by atoms with Crippen molar-refractivity contribution in [1.82, 2.24) is 19.3 Å². The molecular weight excluding hydrogens is 460 g/mol. The molecule has 0 radical (unpaired) electrons. The topological polar surface area (TPSA) is 59.2 Å². The Morgan fingerprint density at radius 2 is 1.29 bits per heavy atom. The number of fused-ring (bicyclic) bond motifs is 1. The normalized spacial score (nSPS) is 14.0. The molecule has 0 amide bonds. The van der Waals surface area contributed by atoms with E-state index < -0.39 is 0 Å². The summed E-state index contributed by atoms with van der Waals surface area (Å²) in [4.78, 5) is 23.4. The minimum absolute atomic E-state index is 0.153. The lowest BCUT2D eigenvalue weighted by molar-refractivity contribution is 0.631. The highest BCUT2D eigenvalue weighted by atomic mass is 35.5. The molecule has 0 spiro atoms. The molecule has 0 bridgehead atoms. The molecule has 2 aromatic heterocycles. The molecule has 35 heavy (non-hydrogen) atoms. The highest BCUT2D eigenvalue weighted by molar-refractivity contribution is 6.30. The fourth-order valence-corrected chi connectivity index (χ4v) is 4.68. The van der Waals surface area contributed by atoms with Gasteiger partial charge in [0, 0.05) is 36.9 Å². The van der Waals surface area contributed by atoms with E-state index >= 15 is 0 Å². The monoisotopic (exact) mass is 482 g/mol. The Kier molecular flexibility index (Phi) is 5.47. The zero-order chi connectivity index (χ0) is 23.8. The van der Waals surface area contributed by atoms with E-state index in [1.807, 2.05) is 48.5 Å². The number of aromatic nitrogens is 4. The number of halogens is 1. The van der Waals surface area contributed by atoms with Crippen LogP contribution in [0.2, 0.25) is 5.02 Å². The summed E-state index contributed by atoms with van der Waals surface area (Å²) in [6.45, 7) is 3.13. The molecule has 0 saturated carbocycles. The summed E-state index contributed by atoms with van der Waals surface area (Å²) in [6, 6.07) is 27.4. The van der Waals surface area contributed by atoms with Gasteiger partial charge in [0.05, 0.1) is 17.6 Å². The molecule has 1 aliphatic heterocycles. The fourth-order valence-electron chi connectivity index (χ4n) is 4.55. The highest BCUT2D eigenvalue weighted by Crippen LogP contribution is 2.24. The first-order chi connectivity index (χ1) is 17.2. The van der Waals surface area contributed by atoms with Crippen LogP contribution in [0.25, 0.3) is 22.4 Å². The summed E-state index contributed by atoms with van der Waals surface area (Å²) < 4.78 is 3.40. The predicted octanol–water partition coefficient (Wildman–Crippen LogP) is 4.55. The first-order valence-electron chi connectivity index (χ1n) is 11.6. The number of anilines is 2. The Labute approximate surface area is 207 Å². The Hall–Kier alpha value is -4.10. The Bertz CT molecular complexity index is 1520. The minimum atomic E-state index is -0.153. The number of hydrogen-bond donors (Lipinski definition) is 0. The average molecular weight is 483 g/mol. The quantitative estimate of drug-likeness (QED) is 0.376. The second kappa shape index (κ2) is 8.92. The molecule has 0 N–H and O–H groups in total. The van der Waals surface area contributed by atoms with Gasteiger partial charge in [0.15, 0.2) is 5.65 Å². The summed E-state index contributed by atoms with van der Waals surface area (Å²) in [5.41, 5.74) is 3.18. The summed E-state index contributed by atoms with van der Waals surface area (Å²) >= 11 is 6.14. The second-order valence-corrected chi connectivity index (χ2v) is 8.90. The molecule has 1 saturated heterocycles. The molecule has 6 rings (SSSR count). The van der Waals surface area contributed by atoms with E-state index in [4.69, 9.17) is 16.6 Å². The molecule has 1 fully saturated rings. The van der Waals surface area contributed by atoms with Crippen molar-refractivity contribution in [1.29, 1.82) is 0 Å². The third-order valence-corrected chi connectivity index (χ3v) is 6.60. The van der Waals surface area contributed by atoms with Gasteiger partial charge < -0.3 is 9.80 Å². The zero-order valence-corrected chi connectivity index (χ0v) is 19.7. The Morgan fingerprint density at radius 3 is 1.94 bits per heavy atom. The van der Waals surface area contributed by atoms with Gasteiger partial charge in [0.2, 0.25) is 5.95 Å². The SMILES string of the molecule is O=c1c2cnn(-c3ccccc3)c2nc(N2CCN(c3ccccc3)CC2)n1-c1ccc(Cl)cc1. The van der Waals surface area contributed by atoms with E-state index in [0.29, 0.717) is 22.0 Å². The van der Waals surface area contributed by atoms with E-state index in [2.05, 4.69) is 39.2 Å². The second-order valence-electron chi connectivity index (χ2n) is 8.47. The van der Waals surface area contributed by atoms with Gasteiger partial charge >= 0.3 is 0 Å². The predicted molar refractivity (Wildman–Crippen MR) is 140 cm³/mol. The van der Waals surface area contributed by atoms with Crippen LogP contribution < -0.4 is 15.4 Å². The van der Waals surface area contributed by atoms with Crippen molar-refractivity contribution >= 4 is 34.3 Å². The van der Waals surface area contributed by atoms with E-state index in [1.165, 1.54) is 5.69 Å². The van der Waals surface area contributed by atoms with E-state index in [-0.39, 0.29) is 5.56 Å². The number of benzene rings is 3. The van der Waals surface area contributed by atoms with Crippen LogP contribution in [0.4, 0.5) is 11.6 Å². The van der Waals surface area contributed by atoms with Crippen molar-refractivity contribution in [3.8, 4) is 11.4 Å². The van der Waals surface area contributed by atoms with Gasteiger partial charge in [-0.05, 0) is 48.5 Å². The molecule has 174 valence electrons. The van der Waals surface area contributed by atoms with Crippen molar-refractivity contribution in [2.75, 3.05) is 36.0 Å². The maximum atomic E-state index is 13.8. The van der Waals surface area contributed by atoms with E-state index in [1.54, 1.807) is 27.6 Å². The molecule has 8 heteroatoms. The zero-order valence-electron chi connectivity index (χ0n) is 19.0. The lowest BCUT2D eigenvalue weighted by atomic mass is 10.2. The van der Waals surface area contributed by atoms with Gasteiger partial charge in [0.1, 0.15) is 5.39 Å². The lowest BCUT2D eigenvalue weighted by Gasteiger charge is -2.37. The first kappa shape index (κ1) is 21.4. The molecule has 3 heterocycles. The van der Waals surface area contributed by atoms with Crippen LogP contribution in [0.15, 0.2) is 95.9 Å². The van der Waals surface area contributed by atoms with Gasteiger partial charge in [-0.15, -0.1) is 0 Å². The van der Waals surface area contributed by atoms with Crippen LogP contribution in [0, 0.1) is 0 Å². The molecule has 7 nitrogen and oxygen atoms in total. The Morgan fingerprint density at radius 1 is 0.686 bits per heavy atom. The number of nitrogens with zero attached hydrogens (tertiary/aromatic N) is 6. The third-order valence-electron chi connectivity index (χ3n) is 6.35. The van der Waals surface area contributed by atoms with Crippen LogP contribution >= 0.6 is 11.6 Å². The smallest absolute Gasteiger partial charge is 0.270 e. The van der Waals surface area contributed by atoms with Gasteiger partial charge in [-0.1, -0.05) is 48.0 Å². The standard InChI is InChI=1S/C27H23ClN6O/c28-20-11-13-22(14-12-20)33-26(35)24-19-29-34(23-9-5-2-6-10-23)25(24)30-27(33)32-17-15-31(16-18-32)21-7-3-1-4-8-21/h1-14,19H,15-18H2. The van der Waals surface area contributed by atoms with Gasteiger partial charge in [-0.25, -0.2) is 9.25 Å². The number of piperazine rings is 1. The minimum Gasteiger partial charge on any atom is -0.368 e. The number of para-hydroxylation sites is 2. The van der Waals surface area contributed by atoms with Crippen molar-refractivity contribution in [2.24, 2.45) is 0 Å². The summed E-state index contributed by atoms with van der Waals surface area (Å²) in [5, 5.41) is 5.59. The van der Waals surface area contributed by atoms with Gasteiger partial charge in [-0.2, -0.15) is 10.1 Å². The maximum Gasteiger partial charge on any atom is 0.270 e. The first-order valence-corrected chi connectivity index (χ1v) is 11.9. The molecule has 0 aliphatic carbocycles. The number of hydrogen-bond acceptors (Lipinski definition) is 5. The summed E-state index contributed by atoms with van der Waals surface area (Å²) in [5.74, 6) is 0.607. The van der Waals surface area contributed by atoms with Crippen LogP contribution in [0.3, 0.4) is 0 Å². The van der Waals surface area contributed by atoms with Crippen LogP contribution in [-0.2, 0) is 0 Å². The van der Waals surface area contributed by atoms with Crippen LogP contribution in [0.1, 0.15) is 0 Å². The van der Waals surface area contributed by atoms with E-state index in [0.717, 1.165) is 37.6 Å². The fraction of sp³-hybridized carbons (Fsp3) is 0.148. The van der Waals surface area contributed by atoms with Crippen molar-refractivity contribution in [3.05, 3.63) is 107 Å². The molecule has 5 aromatic rings. The van der Waals surface area contributed by atoms with Crippen molar-refractivity contribution in [3.63, 3.8) is 0 Å². The largest absolute Gasteiger partial charge is 0.368 e. The molecule has 0 unspecified atom stereocenters. The number of rotatable bonds is 4. The van der Waals surface area contributed by atoms with Gasteiger partial charge in [-0.3, -0.25) is 4.79 Å².